The predicted octanol–water partition coefficient (Wildman–Crippen LogP) is 5.55. The fraction of sp³-hybridized carbons (Fsp3) is 0.367. The summed E-state index contributed by atoms with van der Waals surface area (Å²) in [6.07, 6.45) is 0. The van der Waals surface area contributed by atoms with Gasteiger partial charge in [-0.15, -0.1) is 0 Å². The van der Waals surface area contributed by atoms with Crippen molar-refractivity contribution in [1.29, 1.82) is 0 Å². The van der Waals surface area contributed by atoms with Gasteiger partial charge in [-0.2, -0.15) is 0 Å². The molecule has 190 valence electrons. The number of carbonyl (C=O) groups is 1. The number of rotatable bonds is 9. The van der Waals surface area contributed by atoms with Gasteiger partial charge in [0.1, 0.15) is 17.3 Å². The molecule has 5 nitrogen and oxygen atoms in total. The molecule has 2 atom stereocenters. The Balaban J connectivity index is 1.61. The number of halogens is 1. The van der Waals surface area contributed by atoms with Crippen LogP contribution in [-0.4, -0.2) is 54.1 Å². The highest BCUT2D eigenvalue weighted by Gasteiger charge is 2.36. The number of hydrogen-bond acceptors (Lipinski definition) is 4. The van der Waals surface area contributed by atoms with Crippen LogP contribution in [0, 0.1) is 17.7 Å². The van der Waals surface area contributed by atoms with Crippen LogP contribution in [0.25, 0.3) is 0 Å². The minimum Gasteiger partial charge on any atom is -0.508 e. The number of ether oxygens (including phenoxy) is 1. The number of aromatic hydroxyl groups is 1. The molecular weight excluding hydrogens is 455 g/mol. The summed E-state index contributed by atoms with van der Waals surface area (Å²) >= 11 is 0. The Bertz CT molecular complexity index is 1160. The first kappa shape index (κ1) is 25.7. The zero-order chi connectivity index (χ0) is 25.7. The van der Waals surface area contributed by atoms with E-state index in [1.807, 2.05) is 35.2 Å². The van der Waals surface area contributed by atoms with Gasteiger partial charge < -0.3 is 14.7 Å². The van der Waals surface area contributed by atoms with Crippen molar-refractivity contribution in [2.75, 3.05) is 33.3 Å². The van der Waals surface area contributed by atoms with Crippen LogP contribution in [0.15, 0.2) is 72.8 Å². The zero-order valence-corrected chi connectivity index (χ0v) is 21.2. The lowest BCUT2D eigenvalue weighted by Gasteiger charge is -2.30. The van der Waals surface area contributed by atoms with Gasteiger partial charge in [0, 0.05) is 49.8 Å². The third kappa shape index (κ3) is 6.24. The number of para-hydroxylation sites is 1. The van der Waals surface area contributed by atoms with E-state index in [0.29, 0.717) is 36.9 Å². The molecule has 3 aromatic rings. The number of hydrogen-bond donors (Lipinski definition) is 1. The quantitative estimate of drug-likeness (QED) is 0.427. The lowest BCUT2D eigenvalue weighted by molar-refractivity contribution is 0.0703. The zero-order valence-electron chi connectivity index (χ0n) is 21.2. The lowest BCUT2D eigenvalue weighted by Crippen LogP contribution is -2.39. The average Bonchev–Trinajstić information content (AvgIpc) is 3.27. The minimum absolute atomic E-state index is 0.0766. The van der Waals surface area contributed by atoms with Crippen molar-refractivity contribution in [3.8, 4) is 11.5 Å². The van der Waals surface area contributed by atoms with Gasteiger partial charge in [-0.25, -0.2) is 4.39 Å². The number of phenols is 1. The van der Waals surface area contributed by atoms with Crippen molar-refractivity contribution >= 4 is 5.91 Å². The molecule has 1 saturated heterocycles. The van der Waals surface area contributed by atoms with Crippen molar-refractivity contribution in [3.05, 3.63) is 95.3 Å². The molecule has 0 saturated carbocycles. The van der Waals surface area contributed by atoms with Crippen molar-refractivity contribution in [3.63, 3.8) is 0 Å². The third-order valence-corrected chi connectivity index (χ3v) is 6.84. The maximum Gasteiger partial charge on any atom is 0.253 e. The highest BCUT2D eigenvalue weighted by Crippen LogP contribution is 2.36. The van der Waals surface area contributed by atoms with Crippen LogP contribution in [0.3, 0.4) is 0 Å². The molecule has 0 aliphatic carbocycles. The van der Waals surface area contributed by atoms with E-state index in [9.17, 15) is 14.3 Å². The number of amides is 1. The highest BCUT2D eigenvalue weighted by molar-refractivity contribution is 5.94. The molecule has 6 heteroatoms. The second-order valence-electron chi connectivity index (χ2n) is 10.1. The van der Waals surface area contributed by atoms with Crippen LogP contribution in [-0.2, 0) is 6.54 Å². The number of methoxy groups -OCH3 is 1. The summed E-state index contributed by atoms with van der Waals surface area (Å²) in [7, 11) is 1.67. The topological polar surface area (TPSA) is 53.0 Å². The summed E-state index contributed by atoms with van der Waals surface area (Å²) < 4.78 is 19.0. The molecule has 0 unspecified atom stereocenters. The molecular formula is C30H35FN2O3. The smallest absolute Gasteiger partial charge is 0.253 e. The lowest BCUT2D eigenvalue weighted by atomic mass is 9.88. The Hall–Kier alpha value is -3.38. The molecule has 0 radical (unpaired) electrons. The van der Waals surface area contributed by atoms with E-state index in [4.69, 9.17) is 4.74 Å². The van der Waals surface area contributed by atoms with Crippen LogP contribution in [0.4, 0.5) is 4.39 Å². The number of likely N-dealkylation sites (tertiary alicyclic amines) is 1. The summed E-state index contributed by atoms with van der Waals surface area (Å²) in [6.45, 7) is 7.66. The standard InChI is InChI=1S/C30H35FN2O3/c1-21(2)16-33(30(35)22-11-13-26(31)14-12-22)19-25-18-32(17-24-7-4-5-10-29(24)34)20-28(25)23-8-6-9-27(15-23)36-3/h4-15,21,25,28,34H,16-20H2,1-3H3/t25-,28-/m1/s1. The van der Waals surface area contributed by atoms with E-state index in [0.717, 1.165) is 24.4 Å². The summed E-state index contributed by atoms with van der Waals surface area (Å²) in [6, 6.07) is 21.4. The van der Waals surface area contributed by atoms with Gasteiger partial charge in [-0.05, 0) is 59.9 Å². The Morgan fingerprint density at radius 1 is 1.08 bits per heavy atom. The van der Waals surface area contributed by atoms with Gasteiger partial charge in [0.25, 0.3) is 5.91 Å². The number of nitrogens with zero attached hydrogens (tertiary/aromatic N) is 2. The largest absolute Gasteiger partial charge is 0.508 e. The maximum atomic E-state index is 13.5. The first-order chi connectivity index (χ1) is 17.3. The Labute approximate surface area is 213 Å². The molecule has 1 amide bonds. The van der Waals surface area contributed by atoms with Gasteiger partial charge in [-0.3, -0.25) is 9.69 Å². The molecule has 3 aromatic carbocycles. The summed E-state index contributed by atoms with van der Waals surface area (Å²) in [4.78, 5) is 17.7. The monoisotopic (exact) mass is 490 g/mol. The van der Waals surface area contributed by atoms with Crippen molar-refractivity contribution in [1.82, 2.24) is 9.80 Å². The molecule has 36 heavy (non-hydrogen) atoms. The summed E-state index contributed by atoms with van der Waals surface area (Å²) in [5.41, 5.74) is 2.57. The maximum absolute atomic E-state index is 13.5. The van der Waals surface area contributed by atoms with E-state index in [1.54, 1.807) is 25.3 Å². The molecule has 0 spiro atoms. The fourth-order valence-electron chi connectivity index (χ4n) is 5.15. The van der Waals surface area contributed by atoms with Crippen LogP contribution in [0.2, 0.25) is 0 Å². The van der Waals surface area contributed by atoms with Gasteiger partial charge in [0.05, 0.1) is 7.11 Å². The molecule has 1 heterocycles. The molecule has 1 aliphatic heterocycles. The van der Waals surface area contributed by atoms with E-state index < -0.39 is 0 Å². The second-order valence-corrected chi connectivity index (χ2v) is 10.1. The predicted molar refractivity (Wildman–Crippen MR) is 140 cm³/mol. The van der Waals surface area contributed by atoms with E-state index in [1.165, 1.54) is 17.7 Å². The Morgan fingerprint density at radius 2 is 1.83 bits per heavy atom. The first-order valence-electron chi connectivity index (χ1n) is 12.5. The fourth-order valence-corrected chi connectivity index (χ4v) is 5.15. The number of benzene rings is 3. The molecule has 4 rings (SSSR count). The van der Waals surface area contributed by atoms with Gasteiger partial charge >= 0.3 is 0 Å². The molecule has 0 aromatic heterocycles. The number of phenolic OH excluding ortho intramolecular Hbond substituents is 1. The van der Waals surface area contributed by atoms with Gasteiger partial charge in [-0.1, -0.05) is 44.2 Å². The van der Waals surface area contributed by atoms with Crippen LogP contribution in [0.5, 0.6) is 11.5 Å². The van der Waals surface area contributed by atoms with Crippen molar-refractivity contribution in [2.24, 2.45) is 11.8 Å². The molecule has 1 aliphatic rings. The first-order valence-corrected chi connectivity index (χ1v) is 12.5. The second kappa shape index (κ2) is 11.6. The highest BCUT2D eigenvalue weighted by atomic mass is 19.1. The molecule has 0 bridgehead atoms. The van der Waals surface area contributed by atoms with Gasteiger partial charge in [0.2, 0.25) is 0 Å². The van der Waals surface area contributed by atoms with Crippen LogP contribution in [0.1, 0.15) is 41.3 Å². The minimum atomic E-state index is -0.351. The average molecular weight is 491 g/mol. The van der Waals surface area contributed by atoms with Crippen LogP contribution >= 0.6 is 0 Å². The Morgan fingerprint density at radius 3 is 2.53 bits per heavy atom. The third-order valence-electron chi connectivity index (χ3n) is 6.84. The SMILES string of the molecule is COc1cccc([C@H]2CN(Cc3ccccc3O)C[C@@H]2CN(CC(C)C)C(=O)c2ccc(F)cc2)c1. The Kier molecular flexibility index (Phi) is 8.26. The number of carbonyl (C=O) groups excluding carboxylic acids is 1. The summed E-state index contributed by atoms with van der Waals surface area (Å²) in [5, 5.41) is 10.3. The van der Waals surface area contributed by atoms with E-state index in [2.05, 4.69) is 30.9 Å². The van der Waals surface area contributed by atoms with Crippen LogP contribution < -0.4 is 4.74 Å². The van der Waals surface area contributed by atoms with Crippen molar-refractivity contribution < 1.29 is 19.0 Å². The van der Waals surface area contributed by atoms with E-state index in [-0.39, 0.29) is 23.6 Å². The summed E-state index contributed by atoms with van der Waals surface area (Å²) in [5.74, 6) is 1.36. The van der Waals surface area contributed by atoms with E-state index >= 15 is 0 Å². The normalized spacial score (nSPS) is 17.9. The van der Waals surface area contributed by atoms with Gasteiger partial charge in [0.15, 0.2) is 0 Å². The van der Waals surface area contributed by atoms with Crippen molar-refractivity contribution in [2.45, 2.75) is 26.3 Å². The molecule has 1 N–H and O–H groups in total. The molecule has 1 fully saturated rings.